The molecule has 0 aliphatic rings. The minimum absolute atomic E-state index is 0.0434. The predicted octanol–water partition coefficient (Wildman–Crippen LogP) is 0.478. The van der Waals surface area contributed by atoms with Crippen molar-refractivity contribution >= 4 is 0 Å². The van der Waals surface area contributed by atoms with Crippen molar-refractivity contribution in [2.75, 3.05) is 0 Å². The molecule has 1 aromatic rings. The molecule has 0 heterocycles. The predicted molar refractivity (Wildman–Crippen MR) is 48.4 cm³/mol. The number of benzene rings is 1. The number of phenolic OH excluding ortho intramolecular Hbond substituents is 2. The second kappa shape index (κ2) is 3.64. The fraction of sp³-hybridized carbons (Fsp3) is 0.333. The smallest absolute Gasteiger partial charge is 0.125 e. The van der Waals surface area contributed by atoms with E-state index in [-0.39, 0.29) is 11.5 Å². The average Bonchev–Trinajstić information content (AvgIpc) is 2.03. The molecular weight excluding hydrogens is 170 g/mol. The van der Waals surface area contributed by atoms with Crippen LogP contribution in [0.3, 0.4) is 0 Å². The maximum atomic E-state index is 9.50. The number of aliphatic hydroxyl groups is 1. The molecule has 0 aliphatic heterocycles. The van der Waals surface area contributed by atoms with Gasteiger partial charge in [0.15, 0.2) is 0 Å². The molecule has 0 aromatic heterocycles. The van der Waals surface area contributed by atoms with Gasteiger partial charge >= 0.3 is 0 Å². The Kier molecular flexibility index (Phi) is 2.75. The zero-order chi connectivity index (χ0) is 10.0. The molecule has 0 amide bonds. The van der Waals surface area contributed by atoms with Crippen LogP contribution in [-0.2, 0) is 0 Å². The lowest BCUT2D eigenvalue weighted by atomic mass is 10.0. The van der Waals surface area contributed by atoms with Crippen molar-refractivity contribution in [1.29, 1.82) is 0 Å². The molecule has 72 valence electrons. The van der Waals surface area contributed by atoms with Gasteiger partial charge in [-0.25, -0.2) is 0 Å². The lowest BCUT2D eigenvalue weighted by Gasteiger charge is -2.15. The van der Waals surface area contributed by atoms with E-state index in [9.17, 15) is 10.2 Å². The van der Waals surface area contributed by atoms with Gasteiger partial charge in [-0.3, -0.25) is 0 Å². The van der Waals surface area contributed by atoms with Gasteiger partial charge in [-0.1, -0.05) is 0 Å². The molecule has 0 radical (unpaired) electrons. The molecule has 0 fully saturated rings. The summed E-state index contributed by atoms with van der Waals surface area (Å²) in [7, 11) is 0. The number of aliphatic hydroxyl groups excluding tert-OH is 1. The number of hydrogen-bond acceptors (Lipinski definition) is 4. The summed E-state index contributed by atoms with van der Waals surface area (Å²) in [5.74, 6) is -0.192. The third-order valence-electron chi connectivity index (χ3n) is 1.83. The van der Waals surface area contributed by atoms with Crippen LogP contribution in [0.25, 0.3) is 0 Å². The number of rotatable bonds is 2. The number of phenols is 2. The van der Waals surface area contributed by atoms with E-state index in [0.29, 0.717) is 5.56 Å². The highest BCUT2D eigenvalue weighted by Gasteiger charge is 2.16. The van der Waals surface area contributed by atoms with E-state index in [4.69, 9.17) is 10.8 Å². The van der Waals surface area contributed by atoms with E-state index >= 15 is 0 Å². The van der Waals surface area contributed by atoms with Crippen LogP contribution in [0.4, 0.5) is 0 Å². The van der Waals surface area contributed by atoms with Crippen molar-refractivity contribution in [2.24, 2.45) is 5.73 Å². The lowest BCUT2D eigenvalue weighted by molar-refractivity contribution is 0.150. The highest BCUT2D eigenvalue weighted by atomic mass is 16.3. The van der Waals surface area contributed by atoms with Crippen molar-refractivity contribution in [3.8, 4) is 11.5 Å². The van der Waals surface area contributed by atoms with Gasteiger partial charge in [0.05, 0.1) is 6.10 Å². The fourth-order valence-electron chi connectivity index (χ4n) is 1.07. The van der Waals surface area contributed by atoms with Crippen molar-refractivity contribution < 1.29 is 15.3 Å². The highest BCUT2D eigenvalue weighted by Crippen LogP contribution is 2.28. The van der Waals surface area contributed by atoms with Gasteiger partial charge in [0.1, 0.15) is 11.5 Å². The molecule has 4 nitrogen and oxygen atoms in total. The number of nitrogens with two attached hydrogens (primary N) is 1. The topological polar surface area (TPSA) is 86.7 Å². The first-order valence-electron chi connectivity index (χ1n) is 3.98. The minimum atomic E-state index is -0.916. The van der Waals surface area contributed by atoms with Gasteiger partial charge in [-0.15, -0.1) is 0 Å². The van der Waals surface area contributed by atoms with Gasteiger partial charge < -0.3 is 21.1 Å². The van der Waals surface area contributed by atoms with Crippen LogP contribution in [0.1, 0.15) is 18.6 Å². The molecule has 0 spiro atoms. The van der Waals surface area contributed by atoms with Crippen LogP contribution in [0.5, 0.6) is 11.5 Å². The molecule has 2 atom stereocenters. The third kappa shape index (κ3) is 2.11. The van der Waals surface area contributed by atoms with Gasteiger partial charge in [0.25, 0.3) is 0 Å². The molecule has 1 rings (SSSR count). The van der Waals surface area contributed by atoms with Gasteiger partial charge in [-0.2, -0.15) is 0 Å². The maximum absolute atomic E-state index is 9.50. The average molecular weight is 183 g/mol. The zero-order valence-corrected chi connectivity index (χ0v) is 7.31. The Bertz CT molecular complexity index is 299. The third-order valence-corrected chi connectivity index (χ3v) is 1.83. The standard InChI is InChI=1S/C9H13NO3/c1-5(10)9(13)7-3-2-6(11)4-8(7)12/h2-5,9,11-13H,10H2,1H3. The molecule has 0 bridgehead atoms. The maximum Gasteiger partial charge on any atom is 0.125 e. The quantitative estimate of drug-likeness (QED) is 0.537. The van der Waals surface area contributed by atoms with E-state index < -0.39 is 12.1 Å². The molecule has 4 heteroatoms. The monoisotopic (exact) mass is 183 g/mol. The van der Waals surface area contributed by atoms with Crippen LogP contribution in [0.2, 0.25) is 0 Å². The summed E-state index contributed by atoms with van der Waals surface area (Å²) in [6.07, 6.45) is -0.916. The highest BCUT2D eigenvalue weighted by molar-refractivity contribution is 5.40. The van der Waals surface area contributed by atoms with E-state index in [1.165, 1.54) is 18.2 Å². The van der Waals surface area contributed by atoms with E-state index in [0.717, 1.165) is 0 Å². The minimum Gasteiger partial charge on any atom is -0.508 e. The zero-order valence-electron chi connectivity index (χ0n) is 7.31. The van der Waals surface area contributed by atoms with Gasteiger partial charge in [0.2, 0.25) is 0 Å². The lowest BCUT2D eigenvalue weighted by Crippen LogP contribution is -2.24. The normalized spacial score (nSPS) is 15.3. The Morgan fingerprint density at radius 1 is 1.31 bits per heavy atom. The Morgan fingerprint density at radius 2 is 1.92 bits per heavy atom. The van der Waals surface area contributed by atoms with Gasteiger partial charge in [0, 0.05) is 17.7 Å². The van der Waals surface area contributed by atoms with Crippen LogP contribution < -0.4 is 5.73 Å². The van der Waals surface area contributed by atoms with Crippen molar-refractivity contribution in [2.45, 2.75) is 19.1 Å². The van der Waals surface area contributed by atoms with Crippen molar-refractivity contribution in [1.82, 2.24) is 0 Å². The molecule has 0 saturated carbocycles. The summed E-state index contributed by atoms with van der Waals surface area (Å²) < 4.78 is 0. The molecule has 0 aliphatic carbocycles. The van der Waals surface area contributed by atoms with E-state index in [2.05, 4.69) is 0 Å². The fourth-order valence-corrected chi connectivity index (χ4v) is 1.07. The van der Waals surface area contributed by atoms with Crippen LogP contribution >= 0.6 is 0 Å². The Hall–Kier alpha value is -1.26. The summed E-state index contributed by atoms with van der Waals surface area (Å²) >= 11 is 0. The molecular formula is C9H13NO3. The molecule has 1 aromatic carbocycles. The molecule has 13 heavy (non-hydrogen) atoms. The Balaban J connectivity index is 3.01. The van der Waals surface area contributed by atoms with Crippen LogP contribution in [-0.4, -0.2) is 21.4 Å². The first-order chi connectivity index (χ1) is 6.02. The summed E-state index contributed by atoms with van der Waals surface area (Å²) in [4.78, 5) is 0. The largest absolute Gasteiger partial charge is 0.508 e. The van der Waals surface area contributed by atoms with Crippen molar-refractivity contribution in [3.63, 3.8) is 0 Å². The van der Waals surface area contributed by atoms with E-state index in [1.54, 1.807) is 6.92 Å². The van der Waals surface area contributed by atoms with E-state index in [1.807, 2.05) is 0 Å². The first-order valence-corrected chi connectivity index (χ1v) is 3.98. The summed E-state index contributed by atoms with van der Waals surface area (Å²) in [6, 6.07) is 3.54. The molecule has 2 unspecified atom stereocenters. The number of hydrogen-bond donors (Lipinski definition) is 4. The Morgan fingerprint density at radius 3 is 2.38 bits per heavy atom. The summed E-state index contributed by atoms with van der Waals surface area (Å²) in [6.45, 7) is 1.64. The Labute approximate surface area is 76.2 Å². The molecule has 0 saturated heterocycles. The van der Waals surface area contributed by atoms with Crippen LogP contribution in [0.15, 0.2) is 18.2 Å². The summed E-state index contributed by atoms with van der Waals surface area (Å²) in [5, 5.41) is 27.8. The van der Waals surface area contributed by atoms with Crippen molar-refractivity contribution in [3.05, 3.63) is 23.8 Å². The van der Waals surface area contributed by atoms with Gasteiger partial charge in [-0.05, 0) is 19.1 Å². The van der Waals surface area contributed by atoms with Crippen LogP contribution in [0, 0.1) is 0 Å². The summed E-state index contributed by atoms with van der Waals surface area (Å²) in [5.41, 5.74) is 5.78. The SMILES string of the molecule is CC(N)C(O)c1ccc(O)cc1O. The molecule has 5 N–H and O–H groups in total. The second-order valence-electron chi connectivity index (χ2n) is 3.05. The second-order valence-corrected chi connectivity index (χ2v) is 3.05. The first kappa shape index (κ1) is 9.83. The number of aromatic hydroxyl groups is 2.